The maximum absolute atomic E-state index is 6.20. The topological polar surface area (TPSA) is 24.9 Å². The van der Waals surface area contributed by atoms with Gasteiger partial charge in [0.05, 0.1) is 10.5 Å². The Hall–Kier alpha value is -1.38. The summed E-state index contributed by atoms with van der Waals surface area (Å²) in [4.78, 5) is 4.45. The predicted octanol–water partition coefficient (Wildman–Crippen LogP) is 4.04. The molecule has 1 aliphatic carbocycles. The molecule has 1 aromatic heterocycles. The zero-order valence-corrected chi connectivity index (χ0v) is 11.7. The number of aromatic nitrogens is 1. The number of benzene rings is 1. The second-order valence-electron chi connectivity index (χ2n) is 5.18. The number of fused-ring (bicyclic) bond motifs is 1. The molecule has 1 saturated carbocycles. The lowest BCUT2D eigenvalue weighted by Gasteiger charge is -2.06. The van der Waals surface area contributed by atoms with E-state index in [2.05, 4.69) is 23.3 Å². The molecule has 98 valence electrons. The van der Waals surface area contributed by atoms with E-state index in [1.165, 1.54) is 18.4 Å². The molecule has 3 heteroatoms. The normalized spacial score (nSPS) is 16.0. The molecule has 0 atom stereocenters. The molecule has 0 unspecified atom stereocenters. The molecule has 1 heterocycles. The summed E-state index contributed by atoms with van der Waals surface area (Å²) in [6.45, 7) is 3.10. The van der Waals surface area contributed by atoms with Crippen LogP contribution in [0.1, 0.15) is 25.3 Å². The number of pyridine rings is 1. The summed E-state index contributed by atoms with van der Waals surface area (Å²) >= 11 is 6.20. The maximum Gasteiger partial charge on any atom is 0.0789 e. The van der Waals surface area contributed by atoms with Crippen molar-refractivity contribution in [1.82, 2.24) is 10.3 Å². The van der Waals surface area contributed by atoms with Crippen LogP contribution >= 0.6 is 11.6 Å². The van der Waals surface area contributed by atoms with Crippen molar-refractivity contribution in [1.29, 1.82) is 0 Å². The van der Waals surface area contributed by atoms with Gasteiger partial charge in [-0.1, -0.05) is 29.3 Å². The summed E-state index contributed by atoms with van der Waals surface area (Å²) in [7, 11) is 0. The van der Waals surface area contributed by atoms with Gasteiger partial charge in [-0.25, -0.2) is 0 Å². The third-order valence-corrected chi connectivity index (χ3v) is 3.73. The second kappa shape index (κ2) is 5.32. The van der Waals surface area contributed by atoms with Gasteiger partial charge in [0.15, 0.2) is 0 Å². The zero-order chi connectivity index (χ0) is 13.2. The number of hydrogen-bond acceptors (Lipinski definition) is 2. The van der Waals surface area contributed by atoms with E-state index in [-0.39, 0.29) is 0 Å². The van der Waals surface area contributed by atoms with Gasteiger partial charge in [0.1, 0.15) is 0 Å². The molecule has 3 rings (SSSR count). The predicted molar refractivity (Wildman–Crippen MR) is 81.4 cm³/mol. The van der Waals surface area contributed by atoms with Crippen LogP contribution in [0, 0.1) is 0 Å². The van der Waals surface area contributed by atoms with Crippen LogP contribution in [0.15, 0.2) is 36.0 Å². The van der Waals surface area contributed by atoms with Crippen LogP contribution in [-0.4, -0.2) is 17.6 Å². The lowest BCUT2D eigenvalue weighted by atomic mass is 10.1. The molecule has 1 aromatic carbocycles. The van der Waals surface area contributed by atoms with Crippen LogP contribution in [0.25, 0.3) is 17.0 Å². The van der Waals surface area contributed by atoms with Gasteiger partial charge < -0.3 is 5.32 Å². The van der Waals surface area contributed by atoms with Crippen molar-refractivity contribution in [2.75, 3.05) is 6.54 Å². The Labute approximate surface area is 118 Å². The smallest absolute Gasteiger partial charge is 0.0789 e. The Kier molecular flexibility index (Phi) is 3.54. The summed E-state index contributed by atoms with van der Waals surface area (Å²) in [5.74, 6) is 0. The van der Waals surface area contributed by atoms with Crippen LogP contribution in [0.3, 0.4) is 0 Å². The first-order valence-electron chi connectivity index (χ1n) is 6.68. The van der Waals surface area contributed by atoms with E-state index in [0.29, 0.717) is 0 Å². The minimum Gasteiger partial charge on any atom is -0.310 e. The molecule has 0 bridgehead atoms. The average molecular weight is 273 g/mol. The summed E-state index contributed by atoms with van der Waals surface area (Å²) in [5, 5.41) is 5.29. The summed E-state index contributed by atoms with van der Waals surface area (Å²) in [6, 6.07) is 8.66. The second-order valence-corrected chi connectivity index (χ2v) is 5.59. The highest BCUT2D eigenvalue weighted by atomic mass is 35.5. The van der Waals surface area contributed by atoms with Crippen molar-refractivity contribution in [3.05, 3.63) is 46.6 Å². The molecule has 2 aromatic rings. The van der Waals surface area contributed by atoms with Gasteiger partial charge in [-0.2, -0.15) is 0 Å². The third-order valence-electron chi connectivity index (χ3n) is 3.40. The van der Waals surface area contributed by atoms with Gasteiger partial charge in [-0.05, 0) is 38.0 Å². The van der Waals surface area contributed by atoms with Gasteiger partial charge in [0.2, 0.25) is 0 Å². The number of nitrogens with zero attached hydrogens (tertiary/aromatic N) is 1. The van der Waals surface area contributed by atoms with Crippen LogP contribution in [0.2, 0.25) is 5.02 Å². The van der Waals surface area contributed by atoms with Gasteiger partial charge in [-0.3, -0.25) is 4.98 Å². The Morgan fingerprint density at radius 3 is 3.05 bits per heavy atom. The molecule has 1 aliphatic rings. The van der Waals surface area contributed by atoms with Gasteiger partial charge in [0, 0.05) is 29.7 Å². The molecular weight excluding hydrogens is 256 g/mol. The summed E-state index contributed by atoms with van der Waals surface area (Å²) < 4.78 is 0. The lowest BCUT2D eigenvalue weighted by Crippen LogP contribution is -2.18. The Morgan fingerprint density at radius 1 is 1.42 bits per heavy atom. The van der Waals surface area contributed by atoms with Crippen LogP contribution < -0.4 is 5.32 Å². The molecular formula is C16H17ClN2. The minimum atomic E-state index is 0.739. The van der Waals surface area contributed by atoms with Crippen molar-refractivity contribution in [3.8, 4) is 0 Å². The van der Waals surface area contributed by atoms with E-state index in [0.717, 1.165) is 34.1 Å². The minimum absolute atomic E-state index is 0.739. The summed E-state index contributed by atoms with van der Waals surface area (Å²) in [6.07, 6.45) is 6.65. The highest BCUT2D eigenvalue weighted by Crippen LogP contribution is 2.26. The maximum atomic E-state index is 6.20. The highest BCUT2D eigenvalue weighted by molar-refractivity contribution is 6.35. The van der Waals surface area contributed by atoms with E-state index < -0.39 is 0 Å². The van der Waals surface area contributed by atoms with Gasteiger partial charge in [0.25, 0.3) is 0 Å². The molecule has 19 heavy (non-hydrogen) atoms. The largest absolute Gasteiger partial charge is 0.310 e. The molecule has 1 N–H and O–H groups in total. The Bertz CT molecular complexity index is 630. The van der Waals surface area contributed by atoms with E-state index in [9.17, 15) is 0 Å². The third kappa shape index (κ3) is 2.96. The molecule has 0 aliphatic heterocycles. The molecule has 0 radical (unpaired) electrons. The molecule has 2 nitrogen and oxygen atoms in total. The first kappa shape index (κ1) is 12.6. The monoisotopic (exact) mass is 272 g/mol. The summed E-state index contributed by atoms with van der Waals surface area (Å²) in [5.41, 5.74) is 3.43. The Balaban J connectivity index is 1.91. The van der Waals surface area contributed by atoms with Crippen molar-refractivity contribution in [3.63, 3.8) is 0 Å². The van der Waals surface area contributed by atoms with Crippen molar-refractivity contribution < 1.29 is 0 Å². The van der Waals surface area contributed by atoms with E-state index >= 15 is 0 Å². The zero-order valence-electron chi connectivity index (χ0n) is 11.0. The van der Waals surface area contributed by atoms with Crippen molar-refractivity contribution in [2.24, 2.45) is 0 Å². The number of halogens is 1. The molecule has 1 fully saturated rings. The number of nitrogens with one attached hydrogen (secondary N) is 1. The fourth-order valence-electron chi connectivity index (χ4n) is 2.19. The van der Waals surface area contributed by atoms with Crippen LogP contribution in [0.4, 0.5) is 0 Å². The molecule has 0 spiro atoms. The first-order valence-corrected chi connectivity index (χ1v) is 7.05. The SMILES string of the molecule is C/C(=C/c1ccc(Cl)c2cccnc12)CNC1CC1. The molecule has 0 amide bonds. The fraction of sp³-hybridized carbons (Fsp3) is 0.312. The van der Waals surface area contributed by atoms with E-state index in [4.69, 9.17) is 11.6 Å². The van der Waals surface area contributed by atoms with Crippen LogP contribution in [0.5, 0.6) is 0 Å². The average Bonchev–Trinajstić information content (AvgIpc) is 3.24. The van der Waals surface area contributed by atoms with Gasteiger partial charge >= 0.3 is 0 Å². The fourth-order valence-corrected chi connectivity index (χ4v) is 2.40. The molecule has 0 saturated heterocycles. The van der Waals surface area contributed by atoms with Gasteiger partial charge in [-0.15, -0.1) is 0 Å². The van der Waals surface area contributed by atoms with Crippen molar-refractivity contribution in [2.45, 2.75) is 25.8 Å². The lowest BCUT2D eigenvalue weighted by molar-refractivity contribution is 0.736. The number of rotatable bonds is 4. The number of hydrogen-bond donors (Lipinski definition) is 1. The van der Waals surface area contributed by atoms with E-state index in [1.807, 2.05) is 30.5 Å². The van der Waals surface area contributed by atoms with E-state index in [1.54, 1.807) is 0 Å². The van der Waals surface area contributed by atoms with Crippen LogP contribution in [-0.2, 0) is 0 Å². The highest BCUT2D eigenvalue weighted by Gasteiger charge is 2.19. The van der Waals surface area contributed by atoms with Crippen molar-refractivity contribution >= 4 is 28.6 Å². The first-order chi connectivity index (χ1) is 9.24. The Morgan fingerprint density at radius 2 is 2.26 bits per heavy atom. The quantitative estimate of drug-likeness (QED) is 0.908. The standard InChI is InChI=1S/C16H17ClN2/c1-11(10-19-13-5-6-13)9-12-4-7-15(17)14-3-2-8-18-16(12)14/h2-4,7-9,13,19H,5-6,10H2,1H3/b11-9-.